The zero-order chi connectivity index (χ0) is 38.0. The topological polar surface area (TPSA) is 149 Å². The summed E-state index contributed by atoms with van der Waals surface area (Å²) < 4.78 is 47.7. The molecule has 2 aliphatic heterocycles. The van der Waals surface area contributed by atoms with Crippen molar-refractivity contribution < 1.29 is 42.2 Å². The predicted octanol–water partition coefficient (Wildman–Crippen LogP) is 5.97. The third kappa shape index (κ3) is 8.85. The molecular weight excluding hydrogens is 688 g/mol. The molecule has 14 heteroatoms. The van der Waals surface area contributed by atoms with Crippen molar-refractivity contribution in [3.8, 4) is 17.1 Å². The largest absolute Gasteiger partial charge is 0.471 e. The van der Waals surface area contributed by atoms with Gasteiger partial charge in [-0.05, 0) is 59.1 Å². The first-order valence-electron chi connectivity index (χ1n) is 18.3. The van der Waals surface area contributed by atoms with Crippen LogP contribution in [-0.2, 0) is 23.9 Å². The molecule has 1 aromatic heterocycles. The minimum Gasteiger partial charge on any atom is -0.471 e. The quantitative estimate of drug-likeness (QED) is 0.292. The molecular formula is C39H47F2N5O7. The van der Waals surface area contributed by atoms with Gasteiger partial charge in [0, 0.05) is 30.7 Å². The molecule has 3 aromatic rings. The van der Waals surface area contributed by atoms with Gasteiger partial charge in [0.05, 0.1) is 24.2 Å². The number of hydrogen-bond donors (Lipinski definition) is 2. The number of carbonyl (C=O) groups excluding carboxylic acids is 4. The van der Waals surface area contributed by atoms with Crippen molar-refractivity contribution in [1.82, 2.24) is 25.5 Å². The van der Waals surface area contributed by atoms with Crippen LogP contribution in [0.2, 0.25) is 0 Å². The van der Waals surface area contributed by atoms with Gasteiger partial charge in [-0.2, -0.15) is 0 Å². The molecule has 3 aliphatic rings. The number of alkyl halides is 2. The van der Waals surface area contributed by atoms with E-state index in [1.165, 1.54) is 4.90 Å². The van der Waals surface area contributed by atoms with Gasteiger partial charge in [-0.1, -0.05) is 55.3 Å². The molecule has 3 amide bonds. The van der Waals surface area contributed by atoms with E-state index in [4.69, 9.17) is 24.2 Å². The number of nitrogens with zero attached hydrogens (tertiary/aromatic N) is 3. The van der Waals surface area contributed by atoms with E-state index in [1.54, 1.807) is 33.8 Å². The van der Waals surface area contributed by atoms with Crippen LogP contribution in [0.3, 0.4) is 0 Å². The van der Waals surface area contributed by atoms with Crippen molar-refractivity contribution in [2.45, 2.75) is 114 Å². The van der Waals surface area contributed by atoms with Crippen molar-refractivity contribution in [2.24, 2.45) is 5.92 Å². The predicted molar refractivity (Wildman–Crippen MR) is 191 cm³/mol. The van der Waals surface area contributed by atoms with Gasteiger partial charge < -0.3 is 29.7 Å². The zero-order valence-corrected chi connectivity index (χ0v) is 30.5. The summed E-state index contributed by atoms with van der Waals surface area (Å²) in [5.74, 6) is -5.78. The third-order valence-electron chi connectivity index (χ3n) is 9.87. The highest BCUT2D eigenvalue weighted by Gasteiger charge is 2.65. The standard InChI is InChI=1S/C39H47F2N5O7/c1-5-51-35(49)39-22-25(39)21-38(40,41)19-13-7-10-18-29(44-36(50)53-37(2,3)4)34(48)46-23-26(20-30(46)32(47)45-39)52-33-31(24-14-8-6-9-15-24)42-27-16-11-12-17-28(27)43-33/h6,8-9,11-12,14-17,25-26,29-30H,5,7,10,13,18-23H2,1-4H3,(H,44,50)(H,45,47)/t25-,26-,29+,30+,39-/m1/s1. The zero-order valence-electron chi connectivity index (χ0n) is 30.5. The molecule has 1 aliphatic carbocycles. The number of alkyl carbamates (subject to hydrolysis) is 1. The SMILES string of the molecule is CCOC(=O)[C@@]12C[C@H]1CC(F)(F)CCCCC[C@H](NC(=O)OC(C)(C)C)C(=O)N1C[C@H](Oc3nc4ccccc4nc3-c3ccccc3)C[C@H]1C(=O)N2. The molecule has 2 saturated heterocycles. The second-order valence-electron chi connectivity index (χ2n) is 15.2. The number of ether oxygens (including phenoxy) is 3. The Balaban J connectivity index is 1.35. The summed E-state index contributed by atoms with van der Waals surface area (Å²) in [6.45, 7) is 6.61. The van der Waals surface area contributed by atoms with Gasteiger partial charge in [0.25, 0.3) is 0 Å². The van der Waals surface area contributed by atoms with Crippen molar-refractivity contribution in [3.05, 3.63) is 54.6 Å². The molecule has 12 nitrogen and oxygen atoms in total. The molecule has 0 bridgehead atoms. The van der Waals surface area contributed by atoms with Crippen molar-refractivity contribution >= 4 is 34.9 Å². The second kappa shape index (κ2) is 15.2. The number of hydrogen-bond acceptors (Lipinski definition) is 9. The van der Waals surface area contributed by atoms with E-state index >= 15 is 8.78 Å². The van der Waals surface area contributed by atoms with E-state index in [1.807, 2.05) is 48.5 Å². The number of rotatable bonds is 6. The third-order valence-corrected chi connectivity index (χ3v) is 9.87. The molecule has 53 heavy (non-hydrogen) atoms. The van der Waals surface area contributed by atoms with Gasteiger partial charge >= 0.3 is 12.1 Å². The van der Waals surface area contributed by atoms with Gasteiger partial charge in [-0.15, -0.1) is 0 Å². The second-order valence-corrected chi connectivity index (χ2v) is 15.2. The van der Waals surface area contributed by atoms with E-state index in [0.717, 1.165) is 5.56 Å². The van der Waals surface area contributed by atoms with Crippen molar-refractivity contribution in [1.29, 1.82) is 0 Å². The van der Waals surface area contributed by atoms with Crippen LogP contribution in [-0.4, -0.2) is 87.1 Å². The molecule has 1 saturated carbocycles. The number of halogens is 2. The van der Waals surface area contributed by atoms with Gasteiger partial charge in [-0.3, -0.25) is 9.59 Å². The number of fused-ring (bicyclic) bond motifs is 3. The number of esters is 1. The lowest BCUT2D eigenvalue weighted by molar-refractivity contribution is -0.150. The van der Waals surface area contributed by atoms with E-state index in [9.17, 15) is 19.2 Å². The normalized spacial score (nSPS) is 26.3. The number of aromatic nitrogens is 2. The van der Waals surface area contributed by atoms with Crippen LogP contribution in [0, 0.1) is 5.92 Å². The van der Waals surface area contributed by atoms with Crippen molar-refractivity contribution in [2.75, 3.05) is 13.2 Å². The number of para-hydroxylation sites is 2. The molecule has 0 spiro atoms. The Morgan fingerprint density at radius 1 is 0.981 bits per heavy atom. The molecule has 2 aromatic carbocycles. The van der Waals surface area contributed by atoms with E-state index < -0.39 is 77.9 Å². The maximum absolute atomic E-state index is 15.2. The number of benzene rings is 2. The summed E-state index contributed by atoms with van der Waals surface area (Å²) in [6.07, 6.45) is -1.59. The lowest BCUT2D eigenvalue weighted by Crippen LogP contribution is -2.57. The first kappa shape index (κ1) is 37.9. The van der Waals surface area contributed by atoms with Gasteiger partial charge in [0.1, 0.15) is 35.0 Å². The Bertz CT molecular complexity index is 1840. The smallest absolute Gasteiger partial charge is 0.408 e. The van der Waals surface area contributed by atoms with Crippen molar-refractivity contribution in [3.63, 3.8) is 0 Å². The Labute approximate surface area is 307 Å². The minimum atomic E-state index is -3.08. The highest BCUT2D eigenvalue weighted by Crippen LogP contribution is 2.51. The molecule has 2 N–H and O–H groups in total. The molecule has 3 fully saturated rings. The van der Waals surface area contributed by atoms with Crippen LogP contribution in [0.15, 0.2) is 54.6 Å². The fourth-order valence-corrected chi connectivity index (χ4v) is 7.25. The maximum atomic E-state index is 15.2. The highest BCUT2D eigenvalue weighted by molar-refractivity contribution is 5.96. The van der Waals surface area contributed by atoms with Crippen LogP contribution in [0.25, 0.3) is 22.3 Å². The van der Waals surface area contributed by atoms with Gasteiger partial charge in [0.2, 0.25) is 23.6 Å². The Morgan fingerprint density at radius 3 is 2.38 bits per heavy atom. The molecule has 0 radical (unpaired) electrons. The summed E-state index contributed by atoms with van der Waals surface area (Å²) >= 11 is 0. The monoisotopic (exact) mass is 735 g/mol. The Hall–Kier alpha value is -4.88. The fraction of sp³-hybridized carbons (Fsp3) is 0.538. The summed E-state index contributed by atoms with van der Waals surface area (Å²) in [7, 11) is 0. The average molecular weight is 736 g/mol. The van der Waals surface area contributed by atoms with E-state index in [-0.39, 0.29) is 44.7 Å². The molecule has 0 unspecified atom stereocenters. The highest BCUT2D eigenvalue weighted by atomic mass is 19.3. The summed E-state index contributed by atoms with van der Waals surface area (Å²) in [5.41, 5.74) is -0.0553. The Kier molecular flexibility index (Phi) is 10.9. The molecule has 5 atom stereocenters. The lowest BCUT2D eigenvalue weighted by atomic mass is 10.0. The number of carbonyl (C=O) groups is 4. The number of nitrogens with one attached hydrogen (secondary N) is 2. The lowest BCUT2D eigenvalue weighted by Gasteiger charge is -2.30. The molecule has 6 rings (SSSR count). The first-order chi connectivity index (χ1) is 25.2. The van der Waals surface area contributed by atoms with E-state index in [2.05, 4.69) is 10.6 Å². The summed E-state index contributed by atoms with van der Waals surface area (Å²) in [4.78, 5) is 65.9. The van der Waals surface area contributed by atoms with Gasteiger partial charge in [-0.25, -0.2) is 28.3 Å². The van der Waals surface area contributed by atoms with E-state index in [0.29, 0.717) is 29.6 Å². The van der Waals surface area contributed by atoms with Crippen LogP contribution in [0.5, 0.6) is 5.88 Å². The number of amides is 3. The van der Waals surface area contributed by atoms with Crippen LogP contribution in [0.4, 0.5) is 13.6 Å². The minimum absolute atomic E-state index is 0.00191. The molecule has 3 heterocycles. The van der Waals surface area contributed by atoms with Crippen LogP contribution in [0.1, 0.15) is 79.1 Å². The first-order valence-corrected chi connectivity index (χ1v) is 18.3. The molecule has 284 valence electrons. The maximum Gasteiger partial charge on any atom is 0.408 e. The Morgan fingerprint density at radius 2 is 1.68 bits per heavy atom. The van der Waals surface area contributed by atoms with Gasteiger partial charge in [0.15, 0.2) is 0 Å². The van der Waals surface area contributed by atoms with Crippen LogP contribution >= 0.6 is 0 Å². The summed E-state index contributed by atoms with van der Waals surface area (Å²) in [5, 5.41) is 5.41. The summed E-state index contributed by atoms with van der Waals surface area (Å²) in [6, 6.07) is 14.4. The van der Waals surface area contributed by atoms with Crippen LogP contribution < -0.4 is 15.4 Å². The fourth-order valence-electron chi connectivity index (χ4n) is 7.25. The average Bonchev–Trinajstić information content (AvgIpc) is 3.59.